The van der Waals surface area contributed by atoms with E-state index in [0.29, 0.717) is 44.8 Å². The van der Waals surface area contributed by atoms with Gasteiger partial charge in [-0.25, -0.2) is 22.0 Å². The van der Waals surface area contributed by atoms with Crippen molar-refractivity contribution in [3.8, 4) is 0 Å². The fourth-order valence-corrected chi connectivity index (χ4v) is 5.59. The van der Waals surface area contributed by atoms with Gasteiger partial charge in [0.05, 0.1) is 4.90 Å². The predicted octanol–water partition coefficient (Wildman–Crippen LogP) is 2.88. The zero-order valence-corrected chi connectivity index (χ0v) is 20.0. The summed E-state index contributed by atoms with van der Waals surface area (Å²) in [4.78, 5) is 26.3. The van der Waals surface area contributed by atoms with E-state index in [2.05, 4.69) is 5.32 Å². The Balaban J connectivity index is 1.49. The van der Waals surface area contributed by atoms with Gasteiger partial charge < -0.3 is 15.0 Å². The molecule has 0 radical (unpaired) electrons. The number of sulfonamides is 1. The van der Waals surface area contributed by atoms with Crippen molar-refractivity contribution in [2.75, 3.05) is 26.2 Å². The standard InChI is InChI=1S/C22H31F2N3O5S/c1-22(2,3)32-21(29)25-16-8-10-26(11-9-16)20(28)15-6-12-27(13-7-15)33(30,31)17-4-5-18(23)19(24)14-17/h4-5,14-16H,6-13H2,1-3H3,(H,25,29). The molecule has 0 aromatic heterocycles. The summed E-state index contributed by atoms with van der Waals surface area (Å²) in [6.07, 6.45) is 1.49. The number of carbonyl (C=O) groups excluding carboxylic acids is 2. The Morgan fingerprint density at radius 1 is 1.00 bits per heavy atom. The Morgan fingerprint density at radius 3 is 2.15 bits per heavy atom. The number of carbonyl (C=O) groups is 2. The lowest BCUT2D eigenvalue weighted by atomic mass is 9.95. The summed E-state index contributed by atoms with van der Waals surface area (Å²) in [6, 6.07) is 2.45. The fourth-order valence-electron chi connectivity index (χ4n) is 4.11. The number of ether oxygens (including phenoxy) is 1. The molecule has 1 aromatic carbocycles. The predicted molar refractivity (Wildman–Crippen MR) is 117 cm³/mol. The van der Waals surface area contributed by atoms with Crippen molar-refractivity contribution in [1.82, 2.24) is 14.5 Å². The monoisotopic (exact) mass is 487 g/mol. The Bertz CT molecular complexity index is 980. The fraction of sp³-hybridized carbons (Fsp3) is 0.636. The van der Waals surface area contributed by atoms with Gasteiger partial charge in [-0.05, 0) is 64.7 Å². The van der Waals surface area contributed by atoms with E-state index in [1.54, 1.807) is 25.7 Å². The number of alkyl carbamates (subject to hydrolysis) is 1. The molecule has 3 rings (SSSR count). The molecule has 33 heavy (non-hydrogen) atoms. The van der Waals surface area contributed by atoms with Gasteiger partial charge in [-0.15, -0.1) is 0 Å². The first-order valence-corrected chi connectivity index (χ1v) is 12.5. The summed E-state index contributed by atoms with van der Waals surface area (Å²) >= 11 is 0. The minimum atomic E-state index is -3.96. The van der Waals surface area contributed by atoms with Crippen LogP contribution in [0.2, 0.25) is 0 Å². The second-order valence-electron chi connectivity index (χ2n) is 9.50. The first-order chi connectivity index (χ1) is 15.4. The molecule has 0 bridgehead atoms. The molecule has 0 aliphatic carbocycles. The maximum absolute atomic E-state index is 13.5. The molecule has 8 nitrogen and oxygen atoms in total. The molecule has 2 saturated heterocycles. The number of likely N-dealkylation sites (tertiary alicyclic amines) is 1. The van der Waals surface area contributed by atoms with E-state index in [0.717, 1.165) is 12.1 Å². The van der Waals surface area contributed by atoms with E-state index in [1.807, 2.05) is 0 Å². The second kappa shape index (κ2) is 9.92. The molecule has 1 N–H and O–H groups in total. The van der Waals surface area contributed by atoms with Crippen LogP contribution >= 0.6 is 0 Å². The average molecular weight is 488 g/mol. The first-order valence-electron chi connectivity index (χ1n) is 11.1. The largest absolute Gasteiger partial charge is 0.444 e. The number of piperidine rings is 2. The van der Waals surface area contributed by atoms with Crippen LogP contribution in [0, 0.1) is 17.6 Å². The van der Waals surface area contributed by atoms with E-state index in [-0.39, 0.29) is 35.9 Å². The average Bonchev–Trinajstić information content (AvgIpc) is 2.74. The molecule has 0 atom stereocenters. The first kappa shape index (κ1) is 25.4. The molecule has 2 amide bonds. The van der Waals surface area contributed by atoms with Gasteiger partial charge in [0.15, 0.2) is 11.6 Å². The lowest BCUT2D eigenvalue weighted by molar-refractivity contribution is -0.137. The SMILES string of the molecule is CC(C)(C)OC(=O)NC1CCN(C(=O)C2CCN(S(=O)(=O)c3ccc(F)c(F)c3)CC2)CC1. The van der Waals surface area contributed by atoms with Crippen molar-refractivity contribution in [1.29, 1.82) is 0 Å². The molecule has 0 spiro atoms. The third-order valence-electron chi connectivity index (χ3n) is 5.86. The normalized spacial score (nSPS) is 19.4. The molecule has 2 heterocycles. The number of amides is 2. The number of benzene rings is 1. The van der Waals surface area contributed by atoms with Crippen LogP contribution in [0.4, 0.5) is 13.6 Å². The summed E-state index contributed by atoms with van der Waals surface area (Å²) in [5.41, 5.74) is -0.575. The van der Waals surface area contributed by atoms with Crippen LogP contribution in [-0.4, -0.2) is 67.4 Å². The lowest BCUT2D eigenvalue weighted by Crippen LogP contribution is -2.50. The summed E-state index contributed by atoms with van der Waals surface area (Å²) in [6.45, 7) is 6.66. The third kappa shape index (κ3) is 6.41. The second-order valence-corrected chi connectivity index (χ2v) is 11.4. The lowest BCUT2D eigenvalue weighted by Gasteiger charge is -2.37. The zero-order valence-electron chi connectivity index (χ0n) is 19.1. The number of nitrogens with one attached hydrogen (secondary N) is 1. The summed E-state index contributed by atoms with van der Waals surface area (Å²) in [5.74, 6) is -2.64. The van der Waals surface area contributed by atoms with Crippen LogP contribution in [0.3, 0.4) is 0 Å². The minimum absolute atomic E-state index is 0.0180. The van der Waals surface area contributed by atoms with E-state index in [9.17, 15) is 26.8 Å². The van der Waals surface area contributed by atoms with Crippen molar-refractivity contribution >= 4 is 22.0 Å². The van der Waals surface area contributed by atoms with Crippen molar-refractivity contribution < 1.29 is 31.5 Å². The van der Waals surface area contributed by atoms with Crippen LogP contribution in [0.5, 0.6) is 0 Å². The van der Waals surface area contributed by atoms with Gasteiger partial charge in [0.2, 0.25) is 15.9 Å². The van der Waals surface area contributed by atoms with Crippen molar-refractivity contribution in [2.45, 2.75) is 63.0 Å². The van der Waals surface area contributed by atoms with Gasteiger partial charge in [0.1, 0.15) is 5.60 Å². The van der Waals surface area contributed by atoms with Gasteiger partial charge in [0, 0.05) is 38.1 Å². The number of rotatable bonds is 4. The van der Waals surface area contributed by atoms with Crippen LogP contribution in [-0.2, 0) is 19.6 Å². The zero-order chi connectivity index (χ0) is 24.4. The highest BCUT2D eigenvalue weighted by Crippen LogP contribution is 2.27. The highest BCUT2D eigenvalue weighted by Gasteiger charge is 2.35. The topological polar surface area (TPSA) is 96.0 Å². The molecule has 0 saturated carbocycles. The molecule has 0 unspecified atom stereocenters. The maximum Gasteiger partial charge on any atom is 0.407 e. The van der Waals surface area contributed by atoms with E-state index in [1.165, 1.54) is 4.31 Å². The van der Waals surface area contributed by atoms with E-state index < -0.39 is 33.4 Å². The summed E-state index contributed by atoms with van der Waals surface area (Å²) in [7, 11) is -3.96. The highest BCUT2D eigenvalue weighted by atomic mass is 32.2. The highest BCUT2D eigenvalue weighted by molar-refractivity contribution is 7.89. The van der Waals surface area contributed by atoms with Crippen molar-refractivity contribution in [2.24, 2.45) is 5.92 Å². The van der Waals surface area contributed by atoms with Gasteiger partial charge in [-0.3, -0.25) is 4.79 Å². The number of halogens is 2. The third-order valence-corrected chi connectivity index (χ3v) is 7.75. The molecular weight excluding hydrogens is 456 g/mol. The Morgan fingerprint density at radius 2 is 1.61 bits per heavy atom. The molecular formula is C22H31F2N3O5S. The van der Waals surface area contributed by atoms with Crippen LogP contribution < -0.4 is 5.32 Å². The molecule has 2 aliphatic rings. The van der Waals surface area contributed by atoms with Crippen LogP contribution in [0.25, 0.3) is 0 Å². The van der Waals surface area contributed by atoms with E-state index in [4.69, 9.17) is 4.74 Å². The van der Waals surface area contributed by atoms with Crippen molar-refractivity contribution in [3.63, 3.8) is 0 Å². The summed E-state index contributed by atoms with van der Waals surface area (Å²) < 4.78 is 58.6. The molecule has 2 fully saturated rings. The Labute approximate surface area is 193 Å². The van der Waals surface area contributed by atoms with Gasteiger partial charge in [0.25, 0.3) is 0 Å². The summed E-state index contributed by atoms with van der Waals surface area (Å²) in [5, 5.41) is 2.84. The van der Waals surface area contributed by atoms with Gasteiger partial charge in [-0.2, -0.15) is 4.31 Å². The van der Waals surface area contributed by atoms with Crippen molar-refractivity contribution in [3.05, 3.63) is 29.8 Å². The quantitative estimate of drug-likeness (QED) is 0.705. The number of hydrogen-bond acceptors (Lipinski definition) is 5. The maximum atomic E-state index is 13.5. The smallest absolute Gasteiger partial charge is 0.407 e. The van der Waals surface area contributed by atoms with Gasteiger partial charge >= 0.3 is 6.09 Å². The Hall–Kier alpha value is -2.27. The van der Waals surface area contributed by atoms with Crippen LogP contribution in [0.1, 0.15) is 46.5 Å². The molecule has 1 aromatic rings. The van der Waals surface area contributed by atoms with Gasteiger partial charge in [-0.1, -0.05) is 0 Å². The van der Waals surface area contributed by atoms with E-state index >= 15 is 0 Å². The number of nitrogens with zero attached hydrogens (tertiary/aromatic N) is 2. The van der Waals surface area contributed by atoms with Crippen LogP contribution in [0.15, 0.2) is 23.1 Å². The molecule has 2 aliphatic heterocycles. The minimum Gasteiger partial charge on any atom is -0.444 e. The Kier molecular flexibility index (Phi) is 7.62. The molecule has 184 valence electrons. The number of hydrogen-bond donors (Lipinski definition) is 1. The molecule has 11 heteroatoms.